The molecule has 0 atom stereocenters. The Morgan fingerprint density at radius 2 is 1.96 bits per heavy atom. The molecule has 25 heavy (non-hydrogen) atoms. The van der Waals surface area contributed by atoms with Crippen LogP contribution in [-0.2, 0) is 22.6 Å². The van der Waals surface area contributed by atoms with E-state index < -0.39 is 0 Å². The predicted molar refractivity (Wildman–Crippen MR) is 95.0 cm³/mol. The number of aryl methyl sites for hydroxylation is 1. The zero-order chi connectivity index (χ0) is 17.2. The van der Waals surface area contributed by atoms with E-state index in [0.29, 0.717) is 19.1 Å². The van der Waals surface area contributed by atoms with Gasteiger partial charge in [-0.3, -0.25) is 9.59 Å². The average molecular weight is 340 g/mol. The first-order valence-electron chi connectivity index (χ1n) is 9.22. The summed E-state index contributed by atoms with van der Waals surface area (Å²) < 4.78 is 2.01. The number of benzene rings is 1. The van der Waals surface area contributed by atoms with Gasteiger partial charge in [-0.25, -0.2) is 4.98 Å². The van der Waals surface area contributed by atoms with Gasteiger partial charge in [0.15, 0.2) is 0 Å². The van der Waals surface area contributed by atoms with Crippen molar-refractivity contribution in [3.05, 3.63) is 30.1 Å². The standard InChI is InChI=1S/C19H24N4O2/c24-18(21-14-9-10-14)12-23-16-5-2-1-4-15(16)22-17(23)6-3-11-20-19(25)13-7-8-13/h1-2,4-5,13-14H,3,6-12H2,(H,20,25)(H,21,24). The van der Waals surface area contributed by atoms with E-state index in [4.69, 9.17) is 4.98 Å². The van der Waals surface area contributed by atoms with Crippen LogP contribution < -0.4 is 10.6 Å². The topological polar surface area (TPSA) is 76.0 Å². The van der Waals surface area contributed by atoms with Gasteiger partial charge < -0.3 is 15.2 Å². The van der Waals surface area contributed by atoms with Crippen LogP contribution >= 0.6 is 0 Å². The van der Waals surface area contributed by atoms with Crippen molar-refractivity contribution in [2.24, 2.45) is 5.92 Å². The van der Waals surface area contributed by atoms with Gasteiger partial charge >= 0.3 is 0 Å². The molecule has 1 aromatic carbocycles. The number of para-hydroxylation sites is 2. The van der Waals surface area contributed by atoms with Crippen LogP contribution in [0.25, 0.3) is 11.0 Å². The summed E-state index contributed by atoms with van der Waals surface area (Å²) >= 11 is 0. The van der Waals surface area contributed by atoms with Gasteiger partial charge in [0.25, 0.3) is 0 Å². The summed E-state index contributed by atoms with van der Waals surface area (Å²) in [5.41, 5.74) is 1.91. The first-order valence-corrected chi connectivity index (χ1v) is 9.22. The second-order valence-electron chi connectivity index (χ2n) is 7.11. The second-order valence-corrected chi connectivity index (χ2v) is 7.11. The van der Waals surface area contributed by atoms with E-state index in [9.17, 15) is 9.59 Å². The highest BCUT2D eigenvalue weighted by Gasteiger charge is 2.29. The predicted octanol–water partition coefficient (Wildman–Crippen LogP) is 1.77. The normalized spacial score (nSPS) is 16.8. The minimum atomic E-state index is 0.0499. The molecule has 2 aliphatic rings. The molecule has 6 nitrogen and oxygen atoms in total. The summed E-state index contributed by atoms with van der Waals surface area (Å²) in [4.78, 5) is 28.6. The highest BCUT2D eigenvalue weighted by atomic mass is 16.2. The number of carbonyl (C=O) groups is 2. The van der Waals surface area contributed by atoms with Gasteiger partial charge in [-0.05, 0) is 44.2 Å². The van der Waals surface area contributed by atoms with Crippen molar-refractivity contribution in [1.82, 2.24) is 20.2 Å². The summed E-state index contributed by atoms with van der Waals surface area (Å²) in [5.74, 6) is 1.38. The van der Waals surface area contributed by atoms with Crippen LogP contribution in [0.4, 0.5) is 0 Å². The molecule has 0 bridgehead atoms. The van der Waals surface area contributed by atoms with Crippen molar-refractivity contribution in [1.29, 1.82) is 0 Å². The van der Waals surface area contributed by atoms with Crippen LogP contribution in [0, 0.1) is 5.92 Å². The lowest BCUT2D eigenvalue weighted by Gasteiger charge is -2.10. The third kappa shape index (κ3) is 4.00. The number of amides is 2. The Bertz CT molecular complexity index is 790. The molecule has 0 radical (unpaired) electrons. The molecule has 4 rings (SSSR count). The van der Waals surface area contributed by atoms with Crippen LogP contribution in [0.3, 0.4) is 0 Å². The van der Waals surface area contributed by atoms with Crippen LogP contribution in [0.2, 0.25) is 0 Å². The molecule has 1 aromatic heterocycles. The molecular weight excluding hydrogens is 316 g/mol. The summed E-state index contributed by atoms with van der Waals surface area (Å²) in [6.07, 6.45) is 5.80. The monoisotopic (exact) mass is 340 g/mol. The molecule has 0 saturated heterocycles. The molecule has 2 saturated carbocycles. The van der Waals surface area contributed by atoms with Crippen molar-refractivity contribution in [2.45, 2.75) is 51.1 Å². The molecule has 0 aliphatic heterocycles. The van der Waals surface area contributed by atoms with Gasteiger partial charge in [-0.15, -0.1) is 0 Å². The molecule has 2 aliphatic carbocycles. The molecule has 2 amide bonds. The van der Waals surface area contributed by atoms with Crippen molar-refractivity contribution < 1.29 is 9.59 Å². The number of carbonyl (C=O) groups excluding carboxylic acids is 2. The van der Waals surface area contributed by atoms with E-state index in [2.05, 4.69) is 10.6 Å². The molecule has 2 aromatic rings. The smallest absolute Gasteiger partial charge is 0.240 e. The number of fused-ring (bicyclic) bond motifs is 1. The average Bonchev–Trinajstić information content (AvgIpc) is 3.51. The number of hydrogen-bond acceptors (Lipinski definition) is 3. The fourth-order valence-electron chi connectivity index (χ4n) is 3.09. The molecule has 132 valence electrons. The highest BCUT2D eigenvalue weighted by molar-refractivity contribution is 5.81. The molecule has 2 fully saturated rings. The van der Waals surface area contributed by atoms with E-state index in [1.165, 1.54) is 0 Å². The van der Waals surface area contributed by atoms with Gasteiger partial charge in [0.2, 0.25) is 11.8 Å². The zero-order valence-corrected chi connectivity index (χ0v) is 14.3. The number of aromatic nitrogens is 2. The quantitative estimate of drug-likeness (QED) is 0.719. The van der Waals surface area contributed by atoms with Gasteiger partial charge in [-0.2, -0.15) is 0 Å². The number of nitrogens with zero attached hydrogens (tertiary/aromatic N) is 2. The molecule has 1 heterocycles. The number of nitrogens with one attached hydrogen (secondary N) is 2. The Morgan fingerprint density at radius 3 is 2.72 bits per heavy atom. The van der Waals surface area contributed by atoms with Crippen LogP contribution in [0.1, 0.15) is 37.9 Å². The van der Waals surface area contributed by atoms with Crippen LogP contribution in [0.15, 0.2) is 24.3 Å². The van der Waals surface area contributed by atoms with Crippen LogP contribution in [-0.4, -0.2) is 34.0 Å². The van der Waals surface area contributed by atoms with E-state index in [1.54, 1.807) is 0 Å². The fraction of sp³-hybridized carbons (Fsp3) is 0.526. The van der Waals surface area contributed by atoms with Crippen molar-refractivity contribution >= 4 is 22.8 Å². The number of hydrogen-bond donors (Lipinski definition) is 2. The van der Waals surface area contributed by atoms with Gasteiger partial charge in [0.1, 0.15) is 12.4 Å². The number of imidazole rings is 1. The van der Waals surface area contributed by atoms with E-state index in [0.717, 1.165) is 55.4 Å². The Hall–Kier alpha value is -2.37. The zero-order valence-electron chi connectivity index (χ0n) is 14.3. The first-order chi connectivity index (χ1) is 12.2. The van der Waals surface area contributed by atoms with Gasteiger partial charge in [0, 0.05) is 24.9 Å². The van der Waals surface area contributed by atoms with Crippen molar-refractivity contribution in [3.8, 4) is 0 Å². The molecule has 0 unspecified atom stereocenters. The minimum Gasteiger partial charge on any atom is -0.356 e. The lowest BCUT2D eigenvalue weighted by atomic mass is 10.2. The third-order valence-corrected chi connectivity index (χ3v) is 4.80. The summed E-state index contributed by atoms with van der Waals surface area (Å²) in [7, 11) is 0. The van der Waals surface area contributed by atoms with Gasteiger partial charge in [0.05, 0.1) is 11.0 Å². The maximum Gasteiger partial charge on any atom is 0.240 e. The first kappa shape index (κ1) is 16.1. The van der Waals surface area contributed by atoms with E-state index in [1.807, 2.05) is 28.8 Å². The molecular formula is C19H24N4O2. The minimum absolute atomic E-state index is 0.0499. The van der Waals surface area contributed by atoms with E-state index in [-0.39, 0.29) is 17.7 Å². The van der Waals surface area contributed by atoms with Crippen molar-refractivity contribution in [2.75, 3.05) is 6.54 Å². The lowest BCUT2D eigenvalue weighted by molar-refractivity contribution is -0.122. The van der Waals surface area contributed by atoms with Crippen molar-refractivity contribution in [3.63, 3.8) is 0 Å². The third-order valence-electron chi connectivity index (χ3n) is 4.80. The Kier molecular flexibility index (Phi) is 4.42. The molecule has 6 heteroatoms. The Labute approximate surface area is 147 Å². The van der Waals surface area contributed by atoms with Gasteiger partial charge in [-0.1, -0.05) is 12.1 Å². The maximum atomic E-state index is 12.2. The summed E-state index contributed by atoms with van der Waals surface area (Å²) in [6, 6.07) is 8.28. The van der Waals surface area contributed by atoms with Crippen LogP contribution in [0.5, 0.6) is 0 Å². The SMILES string of the molecule is O=C(Cn1c(CCCNC(=O)C2CC2)nc2ccccc21)NC1CC1. The Morgan fingerprint density at radius 1 is 1.16 bits per heavy atom. The number of rotatable bonds is 8. The summed E-state index contributed by atoms with van der Waals surface area (Å²) in [5, 5.41) is 6.03. The fourth-order valence-corrected chi connectivity index (χ4v) is 3.09. The maximum absolute atomic E-state index is 12.2. The largest absolute Gasteiger partial charge is 0.356 e. The van der Waals surface area contributed by atoms with E-state index >= 15 is 0 Å². The lowest BCUT2D eigenvalue weighted by Crippen LogP contribution is -2.30. The molecule has 2 N–H and O–H groups in total. The Balaban J connectivity index is 1.41. The summed E-state index contributed by atoms with van der Waals surface area (Å²) in [6.45, 7) is 0.966. The second kappa shape index (κ2) is 6.86. The molecule has 0 spiro atoms. The highest BCUT2D eigenvalue weighted by Crippen LogP contribution is 2.28.